The number of carbonyl (C=O) groups is 1. The van der Waals surface area contributed by atoms with Crippen LogP contribution < -0.4 is 10.1 Å². The van der Waals surface area contributed by atoms with Crippen LogP contribution in [-0.4, -0.2) is 39.6 Å². The molecule has 7 heteroatoms. The Kier molecular flexibility index (Phi) is 7.81. The number of methoxy groups -OCH3 is 1. The predicted molar refractivity (Wildman–Crippen MR) is 122 cm³/mol. The second-order valence-electron chi connectivity index (χ2n) is 8.63. The van der Waals surface area contributed by atoms with Gasteiger partial charge in [-0.1, -0.05) is 45.4 Å². The first-order valence-corrected chi connectivity index (χ1v) is 11.8. The summed E-state index contributed by atoms with van der Waals surface area (Å²) in [6, 6.07) is 8.31. The number of nitrogens with one attached hydrogen (secondary N) is 1. The Morgan fingerprint density at radius 1 is 1.20 bits per heavy atom. The summed E-state index contributed by atoms with van der Waals surface area (Å²) in [6.45, 7) is 9.14. The Hall–Kier alpha value is -2.02. The minimum Gasteiger partial charge on any atom is -0.497 e. The highest BCUT2D eigenvalue weighted by Gasteiger charge is 2.30. The van der Waals surface area contributed by atoms with Gasteiger partial charge in [-0.05, 0) is 55.9 Å². The summed E-state index contributed by atoms with van der Waals surface area (Å²) in [7, 11) is 1.67. The Balaban J connectivity index is 1.90. The van der Waals surface area contributed by atoms with Crippen molar-refractivity contribution in [3.05, 3.63) is 24.3 Å². The number of ether oxygens (including phenoxy) is 1. The number of hydrogen-bond acceptors (Lipinski definition) is 5. The van der Waals surface area contributed by atoms with Crippen LogP contribution in [0.3, 0.4) is 0 Å². The standard InChI is InChI=1S/C23H34N4O2S/c1-15(2)14-24-22(28)17(4)30-23-26-25-21(18-10-12-19(29-5)13-11-18)27(23)20-9-7-6-8-16(20)3/h10-13,15-17,20H,6-9,14H2,1-5H3,(H,24,28)/t16-,17-,20-/m0/s1. The van der Waals surface area contributed by atoms with Gasteiger partial charge in [0, 0.05) is 18.2 Å². The third kappa shape index (κ3) is 5.36. The van der Waals surface area contributed by atoms with Crippen LogP contribution in [0.1, 0.15) is 59.4 Å². The van der Waals surface area contributed by atoms with Crippen LogP contribution in [0.5, 0.6) is 5.75 Å². The van der Waals surface area contributed by atoms with Crippen LogP contribution in [0.2, 0.25) is 0 Å². The molecular weight excluding hydrogens is 396 g/mol. The second kappa shape index (κ2) is 10.3. The fourth-order valence-corrected chi connectivity index (χ4v) is 4.86. The summed E-state index contributed by atoms with van der Waals surface area (Å²) in [4.78, 5) is 12.5. The van der Waals surface area contributed by atoms with Gasteiger partial charge in [0.05, 0.1) is 12.4 Å². The Labute approximate surface area is 184 Å². The molecule has 0 unspecified atom stereocenters. The zero-order chi connectivity index (χ0) is 21.7. The fourth-order valence-electron chi connectivity index (χ4n) is 3.93. The summed E-state index contributed by atoms with van der Waals surface area (Å²) in [5.41, 5.74) is 1.02. The number of nitrogens with zero attached hydrogens (tertiary/aromatic N) is 3. The molecule has 0 aliphatic heterocycles. The molecule has 0 spiro atoms. The lowest BCUT2D eigenvalue weighted by Gasteiger charge is -2.31. The number of benzene rings is 1. The van der Waals surface area contributed by atoms with Crippen molar-refractivity contribution in [2.75, 3.05) is 13.7 Å². The predicted octanol–water partition coefficient (Wildman–Crippen LogP) is 4.96. The molecular formula is C23H34N4O2S. The number of aromatic nitrogens is 3. The van der Waals surface area contributed by atoms with Gasteiger partial charge in [0.25, 0.3) is 0 Å². The number of hydrogen-bond donors (Lipinski definition) is 1. The molecule has 164 valence electrons. The van der Waals surface area contributed by atoms with Crippen molar-refractivity contribution in [3.8, 4) is 17.1 Å². The van der Waals surface area contributed by atoms with Crippen LogP contribution in [0.4, 0.5) is 0 Å². The summed E-state index contributed by atoms with van der Waals surface area (Å²) < 4.78 is 7.58. The van der Waals surface area contributed by atoms with Crippen molar-refractivity contribution in [1.29, 1.82) is 0 Å². The minimum atomic E-state index is -0.227. The van der Waals surface area contributed by atoms with E-state index < -0.39 is 0 Å². The van der Waals surface area contributed by atoms with Crippen LogP contribution in [0, 0.1) is 11.8 Å². The van der Waals surface area contributed by atoms with Crippen molar-refractivity contribution in [2.24, 2.45) is 11.8 Å². The molecule has 30 heavy (non-hydrogen) atoms. The minimum absolute atomic E-state index is 0.0472. The lowest BCUT2D eigenvalue weighted by molar-refractivity contribution is -0.120. The smallest absolute Gasteiger partial charge is 0.233 e. The normalized spacial score (nSPS) is 20.2. The maximum absolute atomic E-state index is 12.5. The van der Waals surface area contributed by atoms with E-state index in [0.717, 1.165) is 28.7 Å². The van der Waals surface area contributed by atoms with Gasteiger partial charge in [-0.3, -0.25) is 9.36 Å². The number of thioether (sulfide) groups is 1. The summed E-state index contributed by atoms with van der Waals surface area (Å²) in [5, 5.41) is 12.7. The molecule has 2 aromatic rings. The largest absolute Gasteiger partial charge is 0.497 e. The van der Waals surface area contributed by atoms with Crippen LogP contribution in [0.25, 0.3) is 11.4 Å². The lowest BCUT2D eigenvalue weighted by Crippen LogP contribution is -2.33. The third-order valence-corrected chi connectivity index (χ3v) is 6.80. The van der Waals surface area contributed by atoms with Gasteiger partial charge >= 0.3 is 0 Å². The molecule has 6 nitrogen and oxygen atoms in total. The van der Waals surface area contributed by atoms with Gasteiger partial charge in [-0.25, -0.2) is 0 Å². The molecule has 1 aromatic heterocycles. The highest BCUT2D eigenvalue weighted by atomic mass is 32.2. The number of carbonyl (C=O) groups excluding carboxylic acids is 1. The molecule has 1 aliphatic rings. The van der Waals surface area contributed by atoms with Gasteiger partial charge in [0.2, 0.25) is 5.91 Å². The Morgan fingerprint density at radius 3 is 2.53 bits per heavy atom. The fraction of sp³-hybridized carbons (Fsp3) is 0.609. The monoisotopic (exact) mass is 430 g/mol. The SMILES string of the molecule is COc1ccc(-c2nnc(S[C@@H](C)C(=O)NCC(C)C)n2[C@H]2CCCC[C@@H]2C)cc1. The molecule has 0 bridgehead atoms. The number of amides is 1. The molecule has 1 N–H and O–H groups in total. The maximum Gasteiger partial charge on any atom is 0.233 e. The Morgan fingerprint density at radius 2 is 1.90 bits per heavy atom. The summed E-state index contributed by atoms with van der Waals surface area (Å²) >= 11 is 1.50. The van der Waals surface area contributed by atoms with E-state index in [1.54, 1.807) is 7.11 Å². The van der Waals surface area contributed by atoms with Crippen molar-refractivity contribution >= 4 is 17.7 Å². The second-order valence-corrected chi connectivity index (χ2v) is 9.94. The average Bonchev–Trinajstić information content (AvgIpc) is 3.15. The van der Waals surface area contributed by atoms with E-state index >= 15 is 0 Å². The van der Waals surface area contributed by atoms with Gasteiger partial charge in [0.1, 0.15) is 5.75 Å². The summed E-state index contributed by atoms with van der Waals surface area (Å²) in [5.74, 6) is 2.72. The Bertz CT molecular complexity index is 834. The molecule has 1 heterocycles. The van der Waals surface area contributed by atoms with Crippen molar-refractivity contribution in [1.82, 2.24) is 20.1 Å². The maximum atomic E-state index is 12.5. The number of rotatable bonds is 8. The molecule has 0 saturated heterocycles. The molecule has 3 atom stereocenters. The topological polar surface area (TPSA) is 69.0 Å². The highest BCUT2D eigenvalue weighted by molar-refractivity contribution is 8.00. The van der Waals surface area contributed by atoms with E-state index in [2.05, 4.69) is 40.9 Å². The average molecular weight is 431 g/mol. The van der Waals surface area contributed by atoms with Crippen LogP contribution in [-0.2, 0) is 4.79 Å². The zero-order valence-electron chi connectivity index (χ0n) is 18.7. The zero-order valence-corrected chi connectivity index (χ0v) is 19.5. The lowest BCUT2D eigenvalue weighted by atomic mass is 9.85. The highest BCUT2D eigenvalue weighted by Crippen LogP contribution is 2.39. The molecule has 1 fully saturated rings. The first-order chi connectivity index (χ1) is 14.4. The first kappa shape index (κ1) is 22.7. The molecule has 1 aliphatic carbocycles. The van der Waals surface area contributed by atoms with Crippen molar-refractivity contribution in [3.63, 3.8) is 0 Å². The third-order valence-electron chi connectivity index (χ3n) is 5.75. The first-order valence-electron chi connectivity index (χ1n) is 10.9. The quantitative estimate of drug-likeness (QED) is 0.600. The van der Waals surface area contributed by atoms with Gasteiger partial charge in [0.15, 0.2) is 11.0 Å². The van der Waals surface area contributed by atoms with E-state index in [0.29, 0.717) is 24.4 Å². The van der Waals surface area contributed by atoms with E-state index in [9.17, 15) is 4.79 Å². The van der Waals surface area contributed by atoms with E-state index in [1.165, 1.54) is 31.0 Å². The van der Waals surface area contributed by atoms with Gasteiger partial charge in [-0.15, -0.1) is 10.2 Å². The molecule has 0 radical (unpaired) electrons. The molecule has 1 saturated carbocycles. The molecule has 1 amide bonds. The van der Waals surface area contributed by atoms with Gasteiger partial charge in [-0.2, -0.15) is 0 Å². The van der Waals surface area contributed by atoms with E-state index in [4.69, 9.17) is 4.74 Å². The van der Waals surface area contributed by atoms with E-state index in [1.807, 2.05) is 31.2 Å². The molecule has 3 rings (SSSR count). The van der Waals surface area contributed by atoms with Gasteiger partial charge < -0.3 is 10.1 Å². The van der Waals surface area contributed by atoms with Crippen molar-refractivity contribution in [2.45, 2.75) is 69.8 Å². The van der Waals surface area contributed by atoms with Crippen LogP contribution in [0.15, 0.2) is 29.4 Å². The van der Waals surface area contributed by atoms with Crippen molar-refractivity contribution < 1.29 is 9.53 Å². The molecule has 1 aromatic carbocycles. The van der Waals surface area contributed by atoms with E-state index in [-0.39, 0.29) is 11.2 Å². The summed E-state index contributed by atoms with van der Waals surface area (Å²) in [6.07, 6.45) is 4.81. The van der Waals surface area contributed by atoms with Crippen LogP contribution >= 0.6 is 11.8 Å².